The van der Waals surface area contributed by atoms with Crippen molar-refractivity contribution >= 4 is 17.4 Å². The summed E-state index contributed by atoms with van der Waals surface area (Å²) in [5, 5.41) is 8.85. The predicted octanol–water partition coefficient (Wildman–Crippen LogP) is 2.32. The zero-order chi connectivity index (χ0) is 10.0. The molecule has 0 heterocycles. The maximum atomic E-state index is 12.8. The van der Waals surface area contributed by atoms with Crippen molar-refractivity contribution in [1.82, 2.24) is 0 Å². The minimum Gasteiger partial charge on any atom is -0.505 e. The smallest absolute Gasteiger partial charge is 0.183 e. The molecule has 4 heteroatoms. The number of hydrogen-bond donors (Lipinski definition) is 1. The molecule has 70 valence electrons. The van der Waals surface area contributed by atoms with Crippen LogP contribution in [0.15, 0.2) is 12.1 Å². The van der Waals surface area contributed by atoms with Gasteiger partial charge in [-0.3, -0.25) is 4.79 Å². The van der Waals surface area contributed by atoms with E-state index < -0.39 is 11.6 Å². The van der Waals surface area contributed by atoms with Gasteiger partial charge in [-0.25, -0.2) is 4.39 Å². The van der Waals surface area contributed by atoms with Crippen molar-refractivity contribution in [1.29, 1.82) is 0 Å². The third-order valence-electron chi connectivity index (χ3n) is 1.52. The fourth-order valence-corrected chi connectivity index (χ4v) is 1.26. The lowest BCUT2D eigenvalue weighted by Crippen LogP contribution is -1.96. The van der Waals surface area contributed by atoms with Crippen LogP contribution in [0, 0.1) is 5.82 Å². The van der Waals surface area contributed by atoms with Gasteiger partial charge in [-0.15, -0.1) is 0 Å². The highest BCUT2D eigenvalue weighted by molar-refractivity contribution is 6.31. The molecule has 0 aromatic heterocycles. The molecule has 1 aromatic rings. The first kappa shape index (κ1) is 9.99. The van der Waals surface area contributed by atoms with Gasteiger partial charge < -0.3 is 5.11 Å². The summed E-state index contributed by atoms with van der Waals surface area (Å²) in [6, 6.07) is 2.53. The first-order chi connectivity index (χ1) is 6.00. The summed E-state index contributed by atoms with van der Waals surface area (Å²) in [6.07, 6.45) is 0.146. The largest absolute Gasteiger partial charge is 0.505 e. The fourth-order valence-electron chi connectivity index (χ4n) is 1.02. The van der Waals surface area contributed by atoms with Gasteiger partial charge in [0, 0.05) is 6.42 Å². The maximum absolute atomic E-state index is 12.8. The molecule has 0 amide bonds. The quantitative estimate of drug-likeness (QED) is 0.799. The minimum atomic E-state index is -0.853. The Morgan fingerprint density at radius 1 is 1.62 bits per heavy atom. The van der Waals surface area contributed by atoms with Crippen LogP contribution in [0.3, 0.4) is 0 Å². The van der Waals surface area contributed by atoms with E-state index in [0.717, 1.165) is 0 Å². The molecule has 0 spiro atoms. The third-order valence-corrected chi connectivity index (χ3v) is 1.80. The Hall–Kier alpha value is -1.09. The lowest BCUT2D eigenvalue weighted by atomic mass is 10.1. The molecule has 0 aliphatic rings. The molecule has 0 saturated carbocycles. The van der Waals surface area contributed by atoms with Crippen molar-refractivity contribution in [3.8, 4) is 5.75 Å². The zero-order valence-corrected chi connectivity index (χ0v) is 7.73. The first-order valence-electron chi connectivity index (χ1n) is 3.67. The number of carbonyl (C=O) groups excluding carboxylic acids is 1. The van der Waals surface area contributed by atoms with Gasteiger partial charge in [-0.1, -0.05) is 11.6 Å². The van der Waals surface area contributed by atoms with Crippen LogP contribution in [0.5, 0.6) is 5.75 Å². The molecule has 0 radical (unpaired) electrons. The second kappa shape index (κ2) is 3.75. The van der Waals surface area contributed by atoms with Crippen molar-refractivity contribution in [2.45, 2.75) is 13.3 Å². The summed E-state index contributed by atoms with van der Waals surface area (Å²) in [7, 11) is 0. The topological polar surface area (TPSA) is 37.3 Å². The Kier molecular flexibility index (Phi) is 2.88. The number of hydrogen-bond acceptors (Lipinski definition) is 2. The van der Waals surface area contributed by atoms with Gasteiger partial charge in [0.1, 0.15) is 5.78 Å². The molecule has 1 rings (SSSR count). The number of aromatic hydroxyl groups is 1. The van der Waals surface area contributed by atoms with Gasteiger partial charge in [0.15, 0.2) is 11.6 Å². The zero-order valence-electron chi connectivity index (χ0n) is 6.97. The van der Waals surface area contributed by atoms with Gasteiger partial charge in [0.25, 0.3) is 0 Å². The van der Waals surface area contributed by atoms with Crippen LogP contribution < -0.4 is 0 Å². The number of Topliss-reactive ketones (excluding diaryl/α,β-unsaturated/α-hetero) is 1. The Bertz CT molecular complexity index is 326. The van der Waals surface area contributed by atoms with E-state index in [1.807, 2.05) is 0 Å². The van der Waals surface area contributed by atoms with E-state index in [4.69, 9.17) is 16.7 Å². The summed E-state index contributed by atoms with van der Waals surface area (Å²) in [4.78, 5) is 10.7. The highest BCUT2D eigenvalue weighted by Crippen LogP contribution is 2.25. The number of ketones is 1. The summed E-state index contributed by atoms with van der Waals surface area (Å²) < 4.78 is 12.8. The number of carbonyl (C=O) groups is 1. The van der Waals surface area contributed by atoms with Crippen LogP contribution in [0.2, 0.25) is 5.02 Å². The molecule has 0 bridgehead atoms. The molecule has 0 unspecified atom stereocenters. The van der Waals surface area contributed by atoms with E-state index >= 15 is 0 Å². The average molecular weight is 203 g/mol. The Labute approximate surface area is 80.0 Å². The van der Waals surface area contributed by atoms with Gasteiger partial charge in [-0.05, 0) is 24.6 Å². The predicted molar refractivity (Wildman–Crippen MR) is 47.5 cm³/mol. The molecule has 13 heavy (non-hydrogen) atoms. The van der Waals surface area contributed by atoms with Crippen LogP contribution in [0.1, 0.15) is 12.5 Å². The second-order valence-corrected chi connectivity index (χ2v) is 3.20. The van der Waals surface area contributed by atoms with Crippen molar-refractivity contribution < 1.29 is 14.3 Å². The molecule has 0 atom stereocenters. The van der Waals surface area contributed by atoms with E-state index in [2.05, 4.69) is 0 Å². The van der Waals surface area contributed by atoms with E-state index in [0.29, 0.717) is 5.56 Å². The van der Waals surface area contributed by atoms with Gasteiger partial charge in [0.05, 0.1) is 5.02 Å². The fraction of sp³-hybridized carbons (Fsp3) is 0.222. The van der Waals surface area contributed by atoms with Crippen molar-refractivity contribution in [3.63, 3.8) is 0 Å². The minimum absolute atomic E-state index is 0.0675. The Morgan fingerprint density at radius 2 is 2.23 bits per heavy atom. The normalized spacial score (nSPS) is 10.1. The van der Waals surface area contributed by atoms with Gasteiger partial charge in [0.2, 0.25) is 0 Å². The average Bonchev–Trinajstić information content (AvgIpc) is 1.98. The van der Waals surface area contributed by atoms with E-state index in [9.17, 15) is 9.18 Å². The van der Waals surface area contributed by atoms with Crippen molar-refractivity contribution in [2.75, 3.05) is 0 Å². The number of phenols is 1. The van der Waals surface area contributed by atoms with Crippen LogP contribution in [0.25, 0.3) is 0 Å². The monoisotopic (exact) mass is 202 g/mol. The van der Waals surface area contributed by atoms with Gasteiger partial charge in [-0.2, -0.15) is 0 Å². The molecular weight excluding hydrogens is 195 g/mol. The highest BCUT2D eigenvalue weighted by atomic mass is 35.5. The molecule has 0 saturated heterocycles. The van der Waals surface area contributed by atoms with E-state index in [1.54, 1.807) is 0 Å². The molecule has 1 aromatic carbocycles. The summed E-state index contributed by atoms with van der Waals surface area (Å²) in [6.45, 7) is 1.41. The third kappa shape index (κ3) is 2.42. The Morgan fingerprint density at radius 3 is 2.69 bits per heavy atom. The highest BCUT2D eigenvalue weighted by Gasteiger charge is 2.08. The Balaban J connectivity index is 3.06. The number of benzene rings is 1. The molecule has 1 N–H and O–H groups in total. The summed E-state index contributed by atoms with van der Waals surface area (Å²) >= 11 is 5.46. The first-order valence-corrected chi connectivity index (χ1v) is 4.05. The van der Waals surface area contributed by atoms with Crippen molar-refractivity contribution in [2.24, 2.45) is 0 Å². The number of rotatable bonds is 2. The molecule has 2 nitrogen and oxygen atoms in total. The molecular formula is C9H8ClFO2. The van der Waals surface area contributed by atoms with Crippen LogP contribution in [0.4, 0.5) is 4.39 Å². The van der Waals surface area contributed by atoms with Gasteiger partial charge >= 0.3 is 0 Å². The van der Waals surface area contributed by atoms with Crippen molar-refractivity contribution in [3.05, 3.63) is 28.5 Å². The number of phenolic OH excluding ortho intramolecular Hbond substituents is 1. The van der Waals surface area contributed by atoms with Crippen LogP contribution in [-0.2, 0) is 11.2 Å². The molecule has 0 aliphatic heterocycles. The number of halogens is 2. The summed E-state index contributed by atoms with van der Waals surface area (Å²) in [5.41, 5.74) is 0.511. The molecule has 0 aliphatic carbocycles. The second-order valence-electron chi connectivity index (χ2n) is 2.79. The summed E-state index contributed by atoms with van der Waals surface area (Å²) in [5.74, 6) is -1.44. The van der Waals surface area contributed by atoms with E-state index in [-0.39, 0.29) is 17.2 Å². The van der Waals surface area contributed by atoms with E-state index in [1.165, 1.54) is 19.1 Å². The lowest BCUT2D eigenvalue weighted by Gasteiger charge is -2.02. The van der Waals surface area contributed by atoms with Crippen LogP contribution >= 0.6 is 11.6 Å². The maximum Gasteiger partial charge on any atom is 0.183 e. The lowest BCUT2D eigenvalue weighted by molar-refractivity contribution is -0.116. The standard InChI is InChI=1S/C9H8ClFO2/c1-5(12)2-6-3-7(10)9(11)8(13)4-6/h3-4,13H,2H2,1H3. The SMILES string of the molecule is CC(=O)Cc1cc(O)c(F)c(Cl)c1. The molecule has 0 fully saturated rings. The van der Waals surface area contributed by atoms with Crippen LogP contribution in [-0.4, -0.2) is 10.9 Å².